The van der Waals surface area contributed by atoms with E-state index in [0.29, 0.717) is 18.4 Å². The zero-order valence-electron chi connectivity index (χ0n) is 11.6. The van der Waals surface area contributed by atoms with E-state index in [1.165, 1.54) is 6.07 Å². The number of terminal acetylenes is 1. The molecule has 2 rings (SSSR count). The monoisotopic (exact) mass is 285 g/mol. The number of ketones is 1. The molecule has 1 aliphatic rings. The summed E-state index contributed by atoms with van der Waals surface area (Å²) in [4.78, 5) is 24.1. The Bertz CT molecular complexity index is 695. The molecule has 108 valence electrons. The SMILES string of the molecule is C#CC1=C(NC(=O)CCCC)C(=O)c2cc(O)c(O)cc21. The van der Waals surface area contributed by atoms with Crippen LogP contribution in [0.15, 0.2) is 17.8 Å². The van der Waals surface area contributed by atoms with Crippen molar-refractivity contribution in [1.82, 2.24) is 5.32 Å². The smallest absolute Gasteiger partial charge is 0.224 e. The van der Waals surface area contributed by atoms with E-state index < -0.39 is 11.5 Å². The summed E-state index contributed by atoms with van der Waals surface area (Å²) in [7, 11) is 0. The lowest BCUT2D eigenvalue weighted by atomic mass is 10.0. The molecule has 1 aromatic rings. The molecule has 0 fully saturated rings. The third-order valence-electron chi connectivity index (χ3n) is 3.27. The first kappa shape index (κ1) is 14.7. The van der Waals surface area contributed by atoms with Crippen LogP contribution in [0, 0.1) is 12.3 Å². The van der Waals surface area contributed by atoms with Crippen molar-refractivity contribution >= 4 is 17.3 Å². The molecule has 3 N–H and O–H groups in total. The molecule has 21 heavy (non-hydrogen) atoms. The van der Waals surface area contributed by atoms with Gasteiger partial charge in [0.25, 0.3) is 0 Å². The van der Waals surface area contributed by atoms with Gasteiger partial charge in [-0.2, -0.15) is 0 Å². The molecule has 5 heteroatoms. The number of rotatable bonds is 4. The highest BCUT2D eigenvalue weighted by molar-refractivity contribution is 6.24. The number of Topliss-reactive ketones (excluding diaryl/α,β-unsaturated/α-hetero) is 1. The van der Waals surface area contributed by atoms with Crippen molar-refractivity contribution in [2.75, 3.05) is 0 Å². The first-order chi connectivity index (χ1) is 9.99. The Morgan fingerprint density at radius 3 is 2.48 bits per heavy atom. The fourth-order valence-electron chi connectivity index (χ4n) is 2.16. The third kappa shape index (κ3) is 2.61. The summed E-state index contributed by atoms with van der Waals surface area (Å²) in [6.07, 6.45) is 7.29. The summed E-state index contributed by atoms with van der Waals surface area (Å²) in [6, 6.07) is 2.37. The van der Waals surface area contributed by atoms with Crippen LogP contribution in [0.5, 0.6) is 11.5 Å². The largest absolute Gasteiger partial charge is 0.504 e. The zero-order chi connectivity index (χ0) is 15.6. The number of carbonyl (C=O) groups is 2. The molecule has 1 aliphatic carbocycles. The molecular weight excluding hydrogens is 270 g/mol. The van der Waals surface area contributed by atoms with Crippen LogP contribution in [0.4, 0.5) is 0 Å². The number of phenolic OH excluding ortho intramolecular Hbond substituents is 2. The molecule has 0 radical (unpaired) electrons. The predicted molar refractivity (Wildman–Crippen MR) is 77.5 cm³/mol. The fourth-order valence-corrected chi connectivity index (χ4v) is 2.16. The zero-order valence-corrected chi connectivity index (χ0v) is 11.6. The molecule has 0 saturated heterocycles. The van der Waals surface area contributed by atoms with Gasteiger partial charge in [0.1, 0.15) is 5.70 Å². The standard InChI is InChI=1S/C16H15NO4/c1-3-5-6-14(20)17-15-9(4-2)10-7-12(18)13(19)8-11(10)16(15)21/h2,7-8,18-19H,3,5-6H2,1H3,(H,17,20,21). The number of nitrogens with one attached hydrogen (secondary N) is 1. The van der Waals surface area contributed by atoms with E-state index in [1.807, 2.05) is 6.92 Å². The van der Waals surface area contributed by atoms with Gasteiger partial charge in [-0.3, -0.25) is 9.59 Å². The molecule has 0 bridgehead atoms. The number of allylic oxidation sites excluding steroid dienone is 2. The highest BCUT2D eigenvalue weighted by atomic mass is 16.3. The number of carbonyl (C=O) groups excluding carboxylic acids is 2. The Morgan fingerprint density at radius 1 is 1.29 bits per heavy atom. The topological polar surface area (TPSA) is 86.6 Å². The van der Waals surface area contributed by atoms with Gasteiger partial charge in [0, 0.05) is 17.5 Å². The summed E-state index contributed by atoms with van der Waals surface area (Å²) < 4.78 is 0. The van der Waals surface area contributed by atoms with Crippen molar-refractivity contribution in [1.29, 1.82) is 0 Å². The van der Waals surface area contributed by atoms with Crippen LogP contribution in [0.3, 0.4) is 0 Å². The number of phenols is 2. The van der Waals surface area contributed by atoms with E-state index in [2.05, 4.69) is 11.2 Å². The molecule has 1 aromatic carbocycles. The van der Waals surface area contributed by atoms with Crippen molar-refractivity contribution in [3.63, 3.8) is 0 Å². The molecule has 0 aromatic heterocycles. The highest BCUT2D eigenvalue weighted by Gasteiger charge is 2.31. The quantitative estimate of drug-likeness (QED) is 0.583. The van der Waals surface area contributed by atoms with Crippen LogP contribution < -0.4 is 5.32 Å². The molecule has 5 nitrogen and oxygen atoms in total. The average molecular weight is 285 g/mol. The maximum atomic E-state index is 12.3. The van der Waals surface area contributed by atoms with Crippen molar-refractivity contribution < 1.29 is 19.8 Å². The lowest BCUT2D eigenvalue weighted by Crippen LogP contribution is -2.26. The number of aromatic hydroxyl groups is 2. The van der Waals surface area contributed by atoms with Gasteiger partial charge in [0.2, 0.25) is 11.7 Å². The van der Waals surface area contributed by atoms with E-state index in [9.17, 15) is 19.8 Å². The fraction of sp³-hybridized carbons (Fsp3) is 0.250. The van der Waals surface area contributed by atoms with Gasteiger partial charge in [-0.15, -0.1) is 6.42 Å². The highest BCUT2D eigenvalue weighted by Crippen LogP contribution is 2.38. The Kier molecular flexibility index (Phi) is 3.99. The van der Waals surface area contributed by atoms with Crippen LogP contribution in [-0.2, 0) is 4.79 Å². The van der Waals surface area contributed by atoms with Gasteiger partial charge < -0.3 is 15.5 Å². The van der Waals surface area contributed by atoms with E-state index in [1.54, 1.807) is 0 Å². The number of unbranched alkanes of at least 4 members (excludes halogenated alkanes) is 1. The van der Waals surface area contributed by atoms with Crippen molar-refractivity contribution in [3.8, 4) is 23.8 Å². The lowest BCUT2D eigenvalue weighted by Gasteiger charge is -2.05. The molecule has 0 atom stereocenters. The van der Waals surface area contributed by atoms with Gasteiger partial charge >= 0.3 is 0 Å². The molecule has 0 spiro atoms. The Labute approximate surface area is 122 Å². The Hall–Kier alpha value is -2.74. The van der Waals surface area contributed by atoms with Gasteiger partial charge in [-0.1, -0.05) is 19.3 Å². The van der Waals surface area contributed by atoms with Crippen molar-refractivity contribution in [3.05, 3.63) is 29.0 Å². The summed E-state index contributed by atoms with van der Waals surface area (Å²) in [6.45, 7) is 1.96. The first-order valence-corrected chi connectivity index (χ1v) is 6.61. The van der Waals surface area contributed by atoms with Crippen molar-refractivity contribution in [2.45, 2.75) is 26.2 Å². The first-order valence-electron chi connectivity index (χ1n) is 6.61. The Morgan fingerprint density at radius 2 is 1.90 bits per heavy atom. The molecule has 0 saturated carbocycles. The van der Waals surface area contributed by atoms with Crippen molar-refractivity contribution in [2.24, 2.45) is 0 Å². The molecule has 1 amide bonds. The van der Waals surface area contributed by atoms with Crippen LogP contribution in [0.25, 0.3) is 5.57 Å². The van der Waals surface area contributed by atoms with E-state index in [4.69, 9.17) is 6.42 Å². The number of benzene rings is 1. The summed E-state index contributed by atoms with van der Waals surface area (Å²) in [5.41, 5.74) is 0.751. The maximum absolute atomic E-state index is 12.3. The minimum atomic E-state index is -0.460. The molecule has 0 heterocycles. The number of amides is 1. The van der Waals surface area contributed by atoms with Gasteiger partial charge in [-0.05, 0) is 18.6 Å². The van der Waals surface area contributed by atoms with E-state index in [-0.39, 0.29) is 28.5 Å². The van der Waals surface area contributed by atoms with Gasteiger partial charge in [-0.25, -0.2) is 0 Å². The lowest BCUT2D eigenvalue weighted by molar-refractivity contribution is -0.120. The molecule has 0 aliphatic heterocycles. The number of hydrogen-bond acceptors (Lipinski definition) is 4. The van der Waals surface area contributed by atoms with Crippen LogP contribution in [-0.4, -0.2) is 21.9 Å². The number of hydrogen-bond donors (Lipinski definition) is 3. The van der Waals surface area contributed by atoms with Gasteiger partial charge in [0.15, 0.2) is 11.5 Å². The average Bonchev–Trinajstić information content (AvgIpc) is 2.70. The van der Waals surface area contributed by atoms with Crippen LogP contribution >= 0.6 is 0 Å². The summed E-state index contributed by atoms with van der Waals surface area (Å²) in [5, 5.41) is 21.5. The minimum absolute atomic E-state index is 0.0265. The van der Waals surface area contributed by atoms with Gasteiger partial charge in [0.05, 0.1) is 5.57 Å². The summed E-state index contributed by atoms with van der Waals surface area (Å²) >= 11 is 0. The third-order valence-corrected chi connectivity index (χ3v) is 3.27. The second-order valence-electron chi connectivity index (χ2n) is 4.76. The predicted octanol–water partition coefficient (Wildman–Crippen LogP) is 1.94. The van der Waals surface area contributed by atoms with Crippen LogP contribution in [0.2, 0.25) is 0 Å². The summed E-state index contributed by atoms with van der Waals surface area (Å²) in [5.74, 6) is 0.844. The van der Waals surface area contributed by atoms with Crippen LogP contribution in [0.1, 0.15) is 42.1 Å². The second-order valence-corrected chi connectivity index (χ2v) is 4.76. The second kappa shape index (κ2) is 5.71. The van der Waals surface area contributed by atoms with E-state index in [0.717, 1.165) is 12.5 Å². The maximum Gasteiger partial charge on any atom is 0.224 e. The Balaban J connectivity index is 2.38. The normalized spacial score (nSPS) is 13.0. The minimum Gasteiger partial charge on any atom is -0.504 e. The molecule has 0 unspecified atom stereocenters. The molecular formula is C16H15NO4. The number of fused-ring (bicyclic) bond motifs is 1. The van der Waals surface area contributed by atoms with E-state index >= 15 is 0 Å².